The topological polar surface area (TPSA) is 98.1 Å². The first kappa shape index (κ1) is 24.3. The van der Waals surface area contributed by atoms with Crippen LogP contribution in [0.25, 0.3) is 0 Å². The normalized spacial score (nSPS) is 11.7. The van der Waals surface area contributed by atoms with Crippen LogP contribution < -0.4 is 15.4 Å². The first-order chi connectivity index (χ1) is 15.8. The van der Waals surface area contributed by atoms with E-state index in [0.29, 0.717) is 11.0 Å². The largest absolute Gasteiger partial charge is 0.497 e. The first-order valence-corrected chi connectivity index (χ1v) is 11.6. The SMILES string of the molecule is COc1ccc(CC(=O)NC(C)c2nnc(SCC(=O)Nc3ccc(C)cc3C)n2C)cc1. The van der Waals surface area contributed by atoms with E-state index in [1.807, 2.05) is 70.3 Å². The predicted molar refractivity (Wildman–Crippen MR) is 130 cm³/mol. The number of hydrogen-bond donors (Lipinski definition) is 2. The van der Waals surface area contributed by atoms with E-state index in [-0.39, 0.29) is 30.0 Å². The molecule has 1 heterocycles. The maximum absolute atomic E-state index is 12.4. The first-order valence-electron chi connectivity index (χ1n) is 10.6. The molecule has 9 heteroatoms. The number of carbonyl (C=O) groups excluding carboxylic acids is 2. The molecular formula is C24H29N5O3S. The lowest BCUT2D eigenvalue weighted by Gasteiger charge is -2.14. The molecular weight excluding hydrogens is 438 g/mol. The van der Waals surface area contributed by atoms with Crippen LogP contribution in [0.4, 0.5) is 5.69 Å². The Morgan fingerprint density at radius 2 is 1.82 bits per heavy atom. The summed E-state index contributed by atoms with van der Waals surface area (Å²) in [4.78, 5) is 24.8. The van der Waals surface area contributed by atoms with Gasteiger partial charge in [-0.1, -0.05) is 41.6 Å². The molecule has 1 aromatic heterocycles. The van der Waals surface area contributed by atoms with E-state index in [2.05, 4.69) is 20.8 Å². The molecule has 0 aliphatic rings. The van der Waals surface area contributed by atoms with Gasteiger partial charge in [0, 0.05) is 12.7 Å². The Labute approximate surface area is 198 Å². The van der Waals surface area contributed by atoms with Crippen molar-refractivity contribution < 1.29 is 14.3 Å². The summed E-state index contributed by atoms with van der Waals surface area (Å²) in [6.07, 6.45) is 0.256. The number of amides is 2. The van der Waals surface area contributed by atoms with Gasteiger partial charge in [-0.15, -0.1) is 10.2 Å². The number of ether oxygens (including phenoxy) is 1. The van der Waals surface area contributed by atoms with Gasteiger partial charge in [-0.05, 0) is 50.1 Å². The Bertz CT molecular complexity index is 1130. The molecule has 2 amide bonds. The molecule has 0 saturated heterocycles. The molecule has 0 bridgehead atoms. The Morgan fingerprint density at radius 3 is 2.48 bits per heavy atom. The summed E-state index contributed by atoms with van der Waals surface area (Å²) in [5, 5.41) is 14.9. The van der Waals surface area contributed by atoms with Crippen molar-refractivity contribution in [2.45, 2.75) is 38.4 Å². The highest BCUT2D eigenvalue weighted by molar-refractivity contribution is 7.99. The minimum atomic E-state index is -0.327. The zero-order valence-electron chi connectivity index (χ0n) is 19.5. The molecule has 0 radical (unpaired) electrons. The highest BCUT2D eigenvalue weighted by Gasteiger charge is 2.18. The standard InChI is InChI=1S/C24H29N5O3S/c1-15-6-11-20(16(2)12-15)26-22(31)14-33-24-28-27-23(29(24)4)17(3)25-21(30)13-18-7-9-19(32-5)10-8-18/h6-12,17H,13-14H2,1-5H3,(H,25,30)(H,26,31). The van der Waals surface area contributed by atoms with Crippen LogP contribution in [0.3, 0.4) is 0 Å². The highest BCUT2D eigenvalue weighted by atomic mass is 32.2. The number of carbonyl (C=O) groups is 2. The van der Waals surface area contributed by atoms with Gasteiger partial charge < -0.3 is 19.9 Å². The number of benzene rings is 2. The van der Waals surface area contributed by atoms with Gasteiger partial charge in [0.05, 0.1) is 25.3 Å². The number of nitrogens with zero attached hydrogens (tertiary/aromatic N) is 3. The van der Waals surface area contributed by atoms with Crippen molar-refractivity contribution in [2.75, 3.05) is 18.2 Å². The zero-order chi connectivity index (χ0) is 24.0. The second-order valence-corrected chi connectivity index (χ2v) is 8.81. The lowest BCUT2D eigenvalue weighted by molar-refractivity contribution is -0.121. The van der Waals surface area contributed by atoms with Crippen LogP contribution in [0, 0.1) is 13.8 Å². The van der Waals surface area contributed by atoms with Gasteiger partial charge in [0.15, 0.2) is 11.0 Å². The zero-order valence-corrected chi connectivity index (χ0v) is 20.3. The van der Waals surface area contributed by atoms with Crippen molar-refractivity contribution in [1.82, 2.24) is 20.1 Å². The third-order valence-corrected chi connectivity index (χ3v) is 6.17. The predicted octanol–water partition coefficient (Wildman–Crippen LogP) is 3.59. The molecule has 1 unspecified atom stereocenters. The van der Waals surface area contributed by atoms with E-state index in [9.17, 15) is 9.59 Å². The van der Waals surface area contributed by atoms with Gasteiger partial charge in [0.2, 0.25) is 11.8 Å². The van der Waals surface area contributed by atoms with E-state index < -0.39 is 0 Å². The molecule has 3 rings (SSSR count). The van der Waals surface area contributed by atoms with Gasteiger partial charge in [0.1, 0.15) is 5.75 Å². The van der Waals surface area contributed by atoms with Gasteiger partial charge in [-0.3, -0.25) is 9.59 Å². The third kappa shape index (κ3) is 6.58. The van der Waals surface area contributed by atoms with Crippen LogP contribution in [-0.4, -0.2) is 39.4 Å². The molecule has 3 aromatic rings. The fourth-order valence-electron chi connectivity index (χ4n) is 3.39. The molecule has 0 spiro atoms. The van der Waals surface area contributed by atoms with Crippen molar-refractivity contribution in [1.29, 1.82) is 0 Å². The monoisotopic (exact) mass is 467 g/mol. The lowest BCUT2D eigenvalue weighted by Crippen LogP contribution is -2.29. The van der Waals surface area contributed by atoms with Crippen molar-refractivity contribution in [3.63, 3.8) is 0 Å². The van der Waals surface area contributed by atoms with E-state index in [1.165, 1.54) is 11.8 Å². The molecule has 33 heavy (non-hydrogen) atoms. The summed E-state index contributed by atoms with van der Waals surface area (Å²) in [5.41, 5.74) is 3.87. The number of hydrogen-bond acceptors (Lipinski definition) is 6. The number of methoxy groups -OCH3 is 1. The number of aromatic nitrogens is 3. The van der Waals surface area contributed by atoms with Crippen molar-refractivity contribution >= 4 is 29.3 Å². The molecule has 174 valence electrons. The molecule has 2 N–H and O–H groups in total. The van der Waals surface area contributed by atoms with Crippen LogP contribution in [0.1, 0.15) is 35.5 Å². The Balaban J connectivity index is 1.53. The summed E-state index contributed by atoms with van der Waals surface area (Å²) in [6, 6.07) is 13.0. The molecule has 0 saturated carbocycles. The summed E-state index contributed by atoms with van der Waals surface area (Å²) in [6.45, 7) is 5.84. The van der Waals surface area contributed by atoms with Crippen LogP contribution in [0.15, 0.2) is 47.6 Å². The maximum Gasteiger partial charge on any atom is 0.234 e. The lowest BCUT2D eigenvalue weighted by atomic mass is 10.1. The number of nitrogens with one attached hydrogen (secondary N) is 2. The second-order valence-electron chi connectivity index (χ2n) is 7.87. The van der Waals surface area contributed by atoms with Crippen LogP contribution >= 0.6 is 11.8 Å². The van der Waals surface area contributed by atoms with E-state index in [1.54, 1.807) is 11.7 Å². The van der Waals surface area contributed by atoms with Crippen molar-refractivity contribution in [2.24, 2.45) is 7.05 Å². The van der Waals surface area contributed by atoms with E-state index >= 15 is 0 Å². The fraction of sp³-hybridized carbons (Fsp3) is 0.333. The van der Waals surface area contributed by atoms with Crippen molar-refractivity contribution in [3.8, 4) is 5.75 Å². The van der Waals surface area contributed by atoms with Gasteiger partial charge in [-0.25, -0.2) is 0 Å². The number of anilines is 1. The number of aryl methyl sites for hydroxylation is 2. The van der Waals surface area contributed by atoms with Gasteiger partial charge in [0.25, 0.3) is 0 Å². The number of thioether (sulfide) groups is 1. The van der Waals surface area contributed by atoms with E-state index in [4.69, 9.17) is 4.74 Å². The average molecular weight is 468 g/mol. The molecule has 1 atom stereocenters. The molecule has 2 aromatic carbocycles. The van der Waals surface area contributed by atoms with Crippen LogP contribution in [0.2, 0.25) is 0 Å². The minimum Gasteiger partial charge on any atom is -0.497 e. The highest BCUT2D eigenvalue weighted by Crippen LogP contribution is 2.21. The van der Waals surface area contributed by atoms with Crippen molar-refractivity contribution in [3.05, 3.63) is 65.0 Å². The minimum absolute atomic E-state index is 0.113. The summed E-state index contributed by atoms with van der Waals surface area (Å²) in [5.74, 6) is 1.35. The molecule has 0 aliphatic heterocycles. The average Bonchev–Trinajstić information content (AvgIpc) is 3.15. The van der Waals surface area contributed by atoms with Crippen LogP contribution in [0.5, 0.6) is 5.75 Å². The molecule has 0 aliphatic carbocycles. The quantitative estimate of drug-likeness (QED) is 0.467. The smallest absolute Gasteiger partial charge is 0.234 e. The summed E-state index contributed by atoms with van der Waals surface area (Å²) < 4.78 is 6.94. The Morgan fingerprint density at radius 1 is 1.09 bits per heavy atom. The summed E-state index contributed by atoms with van der Waals surface area (Å²) >= 11 is 1.30. The third-order valence-electron chi connectivity index (χ3n) is 5.15. The Hall–Kier alpha value is -3.33. The van der Waals surface area contributed by atoms with E-state index in [0.717, 1.165) is 28.1 Å². The van der Waals surface area contributed by atoms with Crippen LogP contribution in [-0.2, 0) is 23.1 Å². The second kappa shape index (κ2) is 11.0. The number of rotatable bonds is 9. The van der Waals surface area contributed by atoms with Gasteiger partial charge in [-0.2, -0.15) is 0 Å². The Kier molecular flexibility index (Phi) is 8.11. The fourth-order valence-corrected chi connectivity index (χ4v) is 4.10. The maximum atomic E-state index is 12.4. The molecule has 0 fully saturated rings. The summed E-state index contributed by atoms with van der Waals surface area (Å²) in [7, 11) is 3.43. The van der Waals surface area contributed by atoms with Gasteiger partial charge >= 0.3 is 0 Å². The molecule has 8 nitrogen and oxygen atoms in total.